The number of nitrogens with zero attached hydrogens (tertiary/aromatic N) is 1. The Hall–Kier alpha value is -1.57. The van der Waals surface area contributed by atoms with Crippen molar-refractivity contribution in [3.63, 3.8) is 0 Å². The SMILES string of the molecule is O=S(=O)(NN1C=CON1)c1ccccc1. The topological polar surface area (TPSA) is 70.7 Å². The van der Waals surface area contributed by atoms with E-state index in [0.717, 1.165) is 5.12 Å². The zero-order chi connectivity index (χ0) is 10.7. The van der Waals surface area contributed by atoms with Crippen LogP contribution in [0, 0.1) is 0 Å². The van der Waals surface area contributed by atoms with Gasteiger partial charge in [0.05, 0.1) is 11.1 Å². The number of sulfonamides is 1. The van der Waals surface area contributed by atoms with Crippen molar-refractivity contribution in [1.29, 1.82) is 0 Å². The van der Waals surface area contributed by atoms with Crippen molar-refractivity contribution in [2.45, 2.75) is 4.90 Å². The van der Waals surface area contributed by atoms with Crippen LogP contribution in [-0.2, 0) is 14.9 Å². The first kappa shape index (κ1) is 9.97. The van der Waals surface area contributed by atoms with Crippen LogP contribution in [-0.4, -0.2) is 13.5 Å². The molecule has 1 aliphatic rings. The van der Waals surface area contributed by atoms with E-state index >= 15 is 0 Å². The van der Waals surface area contributed by atoms with Crippen LogP contribution in [0.2, 0.25) is 0 Å². The summed E-state index contributed by atoms with van der Waals surface area (Å²) >= 11 is 0. The molecule has 2 N–H and O–H groups in total. The summed E-state index contributed by atoms with van der Waals surface area (Å²) in [6.45, 7) is 0. The van der Waals surface area contributed by atoms with Crippen LogP contribution < -0.4 is 10.4 Å². The third kappa shape index (κ3) is 2.27. The molecule has 0 aliphatic carbocycles. The second-order valence-corrected chi connectivity index (χ2v) is 4.43. The van der Waals surface area contributed by atoms with Crippen LogP contribution in [0.15, 0.2) is 47.7 Å². The highest BCUT2D eigenvalue weighted by Gasteiger charge is 2.17. The van der Waals surface area contributed by atoms with E-state index in [9.17, 15) is 8.42 Å². The van der Waals surface area contributed by atoms with Crippen molar-refractivity contribution in [3.05, 3.63) is 42.8 Å². The van der Waals surface area contributed by atoms with Crippen LogP contribution in [0.25, 0.3) is 0 Å². The second kappa shape index (κ2) is 3.89. The summed E-state index contributed by atoms with van der Waals surface area (Å²) < 4.78 is 23.4. The van der Waals surface area contributed by atoms with Gasteiger partial charge in [-0.3, -0.25) is 0 Å². The number of hydrogen-bond acceptors (Lipinski definition) is 5. The first-order valence-electron chi connectivity index (χ1n) is 4.13. The van der Waals surface area contributed by atoms with Crippen molar-refractivity contribution in [2.75, 3.05) is 0 Å². The molecule has 1 heterocycles. The minimum Gasteiger partial charge on any atom is -0.394 e. The molecule has 6 nitrogen and oxygen atoms in total. The summed E-state index contributed by atoms with van der Waals surface area (Å²) in [7, 11) is -3.56. The van der Waals surface area contributed by atoms with E-state index in [1.54, 1.807) is 18.2 Å². The molecule has 80 valence electrons. The highest BCUT2D eigenvalue weighted by molar-refractivity contribution is 7.89. The second-order valence-electron chi connectivity index (χ2n) is 2.77. The quantitative estimate of drug-likeness (QED) is 0.766. The molecule has 0 saturated carbocycles. The van der Waals surface area contributed by atoms with Crippen molar-refractivity contribution < 1.29 is 13.3 Å². The average Bonchev–Trinajstić information content (AvgIpc) is 2.71. The van der Waals surface area contributed by atoms with Gasteiger partial charge in [-0.05, 0) is 12.1 Å². The number of benzene rings is 1. The van der Waals surface area contributed by atoms with Gasteiger partial charge < -0.3 is 4.84 Å². The Kier molecular flexibility index (Phi) is 2.58. The third-order valence-corrected chi connectivity index (χ3v) is 3.03. The van der Waals surface area contributed by atoms with Crippen LogP contribution in [0.5, 0.6) is 0 Å². The molecule has 1 aliphatic heterocycles. The van der Waals surface area contributed by atoms with Gasteiger partial charge in [-0.15, -0.1) is 4.83 Å². The van der Waals surface area contributed by atoms with Gasteiger partial charge in [-0.25, -0.2) is 8.42 Å². The zero-order valence-electron chi connectivity index (χ0n) is 7.62. The first-order valence-corrected chi connectivity index (χ1v) is 5.61. The molecule has 1 aromatic carbocycles. The number of rotatable bonds is 3. The Labute approximate surface area is 87.1 Å². The molecule has 0 amide bonds. The van der Waals surface area contributed by atoms with E-state index in [4.69, 9.17) is 0 Å². The summed E-state index contributed by atoms with van der Waals surface area (Å²) in [6, 6.07) is 8.05. The van der Waals surface area contributed by atoms with E-state index in [2.05, 4.69) is 15.3 Å². The van der Waals surface area contributed by atoms with E-state index < -0.39 is 10.0 Å². The van der Waals surface area contributed by atoms with Crippen molar-refractivity contribution in [3.8, 4) is 0 Å². The van der Waals surface area contributed by atoms with Gasteiger partial charge >= 0.3 is 0 Å². The molecule has 0 unspecified atom stereocenters. The zero-order valence-corrected chi connectivity index (χ0v) is 8.44. The fourth-order valence-electron chi connectivity index (χ4n) is 1.04. The number of hydrogen-bond donors (Lipinski definition) is 2. The summed E-state index contributed by atoms with van der Waals surface area (Å²) in [4.78, 5) is 7.05. The maximum Gasteiger partial charge on any atom is 0.258 e. The average molecular weight is 227 g/mol. The minimum atomic E-state index is -3.56. The Morgan fingerprint density at radius 3 is 2.60 bits per heavy atom. The largest absolute Gasteiger partial charge is 0.394 e. The highest BCUT2D eigenvalue weighted by atomic mass is 32.2. The molecule has 1 aromatic rings. The van der Waals surface area contributed by atoms with Gasteiger partial charge in [0.15, 0.2) is 0 Å². The van der Waals surface area contributed by atoms with Gasteiger partial charge in [-0.1, -0.05) is 23.8 Å². The van der Waals surface area contributed by atoms with E-state index in [0.29, 0.717) is 0 Å². The van der Waals surface area contributed by atoms with Gasteiger partial charge in [0.1, 0.15) is 6.26 Å². The molecule has 0 spiro atoms. The fourth-order valence-corrected chi connectivity index (χ4v) is 2.02. The lowest BCUT2D eigenvalue weighted by Crippen LogP contribution is -2.43. The molecule has 0 aromatic heterocycles. The molecule has 0 bridgehead atoms. The molecule has 0 radical (unpaired) electrons. The van der Waals surface area contributed by atoms with Crippen LogP contribution in [0.3, 0.4) is 0 Å². The van der Waals surface area contributed by atoms with Crippen molar-refractivity contribution >= 4 is 10.0 Å². The van der Waals surface area contributed by atoms with E-state index in [-0.39, 0.29) is 4.90 Å². The monoisotopic (exact) mass is 227 g/mol. The van der Waals surface area contributed by atoms with E-state index in [1.807, 2.05) is 0 Å². The lowest BCUT2D eigenvalue weighted by atomic mass is 10.4. The normalized spacial score (nSPS) is 15.3. The lowest BCUT2D eigenvalue weighted by molar-refractivity contribution is 0.0227. The predicted octanol–water partition coefficient (Wildman–Crippen LogP) is 0.103. The third-order valence-electron chi connectivity index (χ3n) is 1.70. The molecular formula is C8H9N3O3S. The first-order chi connectivity index (χ1) is 7.18. The van der Waals surface area contributed by atoms with E-state index in [1.165, 1.54) is 24.6 Å². The molecular weight excluding hydrogens is 218 g/mol. The smallest absolute Gasteiger partial charge is 0.258 e. The van der Waals surface area contributed by atoms with Crippen LogP contribution >= 0.6 is 0 Å². The molecule has 0 fully saturated rings. The van der Waals surface area contributed by atoms with Gasteiger partial charge in [0.25, 0.3) is 10.0 Å². The Bertz CT molecular complexity index is 457. The van der Waals surface area contributed by atoms with Gasteiger partial charge in [0.2, 0.25) is 0 Å². The maximum atomic E-state index is 11.7. The van der Waals surface area contributed by atoms with Crippen LogP contribution in [0.1, 0.15) is 0 Å². The molecule has 0 atom stereocenters. The molecule has 2 rings (SSSR count). The number of nitrogens with one attached hydrogen (secondary N) is 2. The molecule has 15 heavy (non-hydrogen) atoms. The summed E-state index contributed by atoms with van der Waals surface area (Å²) in [5.41, 5.74) is 2.31. The Morgan fingerprint density at radius 1 is 1.27 bits per heavy atom. The summed E-state index contributed by atoms with van der Waals surface area (Å²) in [5.74, 6) is 0. The standard InChI is InChI=1S/C8H9N3O3S/c12-15(13,8-4-2-1-3-5-8)10-11-6-7-14-9-11/h1-7,9-10H. The summed E-state index contributed by atoms with van der Waals surface area (Å²) in [5, 5.41) is 1.10. The Morgan fingerprint density at radius 2 is 2.00 bits per heavy atom. The summed E-state index contributed by atoms with van der Waals surface area (Å²) in [6.07, 6.45) is 2.72. The number of hydrazine groups is 2. The molecule has 0 saturated heterocycles. The van der Waals surface area contributed by atoms with Gasteiger partial charge in [-0.2, -0.15) is 5.12 Å². The maximum absolute atomic E-state index is 11.7. The predicted molar refractivity (Wildman–Crippen MR) is 52.0 cm³/mol. The lowest BCUT2D eigenvalue weighted by Gasteiger charge is -2.14. The van der Waals surface area contributed by atoms with Gasteiger partial charge in [0, 0.05) is 0 Å². The fraction of sp³-hybridized carbons (Fsp3) is 0. The van der Waals surface area contributed by atoms with Crippen LogP contribution in [0.4, 0.5) is 0 Å². The van der Waals surface area contributed by atoms with Crippen molar-refractivity contribution in [2.24, 2.45) is 0 Å². The molecule has 7 heteroatoms. The minimum absolute atomic E-state index is 0.187. The van der Waals surface area contributed by atoms with Crippen molar-refractivity contribution in [1.82, 2.24) is 15.5 Å². The highest BCUT2D eigenvalue weighted by Crippen LogP contribution is 2.07. The Balaban J connectivity index is 2.17.